The number of anilines is 1. The summed E-state index contributed by atoms with van der Waals surface area (Å²) in [6, 6.07) is 5.56. The lowest BCUT2D eigenvalue weighted by atomic mass is 10.1. The molecule has 0 radical (unpaired) electrons. The molecule has 4 nitrogen and oxygen atoms in total. The number of rotatable bonds is 4. The first-order chi connectivity index (χ1) is 8.63. The molecule has 0 saturated carbocycles. The Bertz CT molecular complexity index is 402. The molecular formula is C13H19ClN2O2. The first-order valence-electron chi connectivity index (χ1n) is 5.96. The number of hydrogen-bond donors (Lipinski definition) is 1. The minimum absolute atomic E-state index is 0.121. The van der Waals surface area contributed by atoms with Gasteiger partial charge in [-0.25, -0.2) is 0 Å². The van der Waals surface area contributed by atoms with E-state index in [0.29, 0.717) is 5.02 Å². The molecule has 0 aromatic heterocycles. The van der Waals surface area contributed by atoms with Crippen molar-refractivity contribution < 1.29 is 9.47 Å². The standard InChI is InChI=1S/C13H19ClN2O2/c1-17-12-7-16(8-13(12)18-2)6-9-5-10(14)3-4-11(9)15/h3-5,12-13H,6-8,15H2,1-2H3. The van der Waals surface area contributed by atoms with Gasteiger partial charge in [-0.05, 0) is 23.8 Å². The molecular weight excluding hydrogens is 252 g/mol. The number of hydrogen-bond acceptors (Lipinski definition) is 4. The highest BCUT2D eigenvalue weighted by atomic mass is 35.5. The number of likely N-dealkylation sites (tertiary alicyclic amines) is 1. The summed E-state index contributed by atoms with van der Waals surface area (Å²) in [6.07, 6.45) is 0.241. The smallest absolute Gasteiger partial charge is 0.0971 e. The Hall–Kier alpha value is -0.810. The van der Waals surface area contributed by atoms with Crippen molar-refractivity contribution in [1.82, 2.24) is 4.90 Å². The van der Waals surface area contributed by atoms with Crippen LogP contribution in [0.2, 0.25) is 5.02 Å². The van der Waals surface area contributed by atoms with Crippen LogP contribution in [0.5, 0.6) is 0 Å². The van der Waals surface area contributed by atoms with Gasteiger partial charge in [-0.3, -0.25) is 4.90 Å². The van der Waals surface area contributed by atoms with E-state index in [0.717, 1.165) is 30.9 Å². The minimum atomic E-state index is 0.121. The Kier molecular flexibility index (Phi) is 4.45. The van der Waals surface area contributed by atoms with Gasteiger partial charge in [0.25, 0.3) is 0 Å². The summed E-state index contributed by atoms with van der Waals surface area (Å²) in [6.45, 7) is 2.47. The highest BCUT2D eigenvalue weighted by Crippen LogP contribution is 2.23. The summed E-state index contributed by atoms with van der Waals surface area (Å²) in [5.74, 6) is 0. The molecule has 5 heteroatoms. The maximum absolute atomic E-state index is 5.99. The second kappa shape index (κ2) is 5.89. The van der Waals surface area contributed by atoms with E-state index in [4.69, 9.17) is 26.8 Å². The van der Waals surface area contributed by atoms with Gasteiger partial charge in [0.05, 0.1) is 12.2 Å². The molecule has 0 amide bonds. The number of ether oxygens (including phenoxy) is 2. The molecule has 1 aromatic carbocycles. The zero-order valence-electron chi connectivity index (χ0n) is 10.7. The molecule has 0 aliphatic carbocycles. The van der Waals surface area contributed by atoms with Crippen LogP contribution in [-0.4, -0.2) is 44.4 Å². The highest BCUT2D eigenvalue weighted by molar-refractivity contribution is 6.30. The van der Waals surface area contributed by atoms with Crippen LogP contribution in [-0.2, 0) is 16.0 Å². The van der Waals surface area contributed by atoms with Crippen LogP contribution in [0.4, 0.5) is 5.69 Å². The number of methoxy groups -OCH3 is 2. The van der Waals surface area contributed by atoms with Crippen LogP contribution in [0, 0.1) is 0 Å². The summed E-state index contributed by atoms with van der Waals surface area (Å²) in [5.41, 5.74) is 7.78. The van der Waals surface area contributed by atoms with Crippen LogP contribution in [0.1, 0.15) is 5.56 Å². The van der Waals surface area contributed by atoms with E-state index in [1.165, 1.54) is 0 Å². The zero-order chi connectivity index (χ0) is 13.1. The van der Waals surface area contributed by atoms with E-state index in [1.54, 1.807) is 20.3 Å². The fourth-order valence-corrected chi connectivity index (χ4v) is 2.55. The van der Waals surface area contributed by atoms with E-state index in [-0.39, 0.29) is 12.2 Å². The number of halogens is 1. The topological polar surface area (TPSA) is 47.7 Å². The van der Waals surface area contributed by atoms with Gasteiger partial charge in [-0.15, -0.1) is 0 Å². The quantitative estimate of drug-likeness (QED) is 0.847. The fourth-order valence-electron chi connectivity index (χ4n) is 2.35. The van der Waals surface area contributed by atoms with Crippen molar-refractivity contribution >= 4 is 17.3 Å². The molecule has 2 N–H and O–H groups in total. The van der Waals surface area contributed by atoms with Crippen LogP contribution >= 0.6 is 11.6 Å². The Morgan fingerprint density at radius 3 is 2.44 bits per heavy atom. The number of nitrogens with two attached hydrogens (primary N) is 1. The Balaban J connectivity index is 2.04. The molecule has 1 fully saturated rings. The Morgan fingerprint density at radius 2 is 1.89 bits per heavy atom. The van der Waals surface area contributed by atoms with Crippen molar-refractivity contribution in [3.05, 3.63) is 28.8 Å². The van der Waals surface area contributed by atoms with E-state index in [9.17, 15) is 0 Å². The molecule has 100 valence electrons. The van der Waals surface area contributed by atoms with Gasteiger partial charge in [-0.2, -0.15) is 0 Å². The summed E-state index contributed by atoms with van der Waals surface area (Å²) >= 11 is 5.99. The van der Waals surface area contributed by atoms with E-state index in [1.807, 2.05) is 12.1 Å². The lowest BCUT2D eigenvalue weighted by Gasteiger charge is -2.16. The normalized spacial score (nSPS) is 24.6. The molecule has 2 rings (SSSR count). The average molecular weight is 271 g/mol. The van der Waals surface area contributed by atoms with Crippen molar-refractivity contribution in [2.24, 2.45) is 0 Å². The van der Waals surface area contributed by atoms with Crippen molar-refractivity contribution in [1.29, 1.82) is 0 Å². The lowest BCUT2D eigenvalue weighted by Crippen LogP contribution is -2.27. The van der Waals surface area contributed by atoms with Gasteiger partial charge in [0.2, 0.25) is 0 Å². The maximum Gasteiger partial charge on any atom is 0.0971 e. The molecule has 2 unspecified atom stereocenters. The molecule has 1 saturated heterocycles. The lowest BCUT2D eigenvalue weighted by molar-refractivity contribution is -0.00461. The number of benzene rings is 1. The first-order valence-corrected chi connectivity index (χ1v) is 6.33. The molecule has 1 aliphatic rings. The summed E-state index contributed by atoms with van der Waals surface area (Å²) in [5, 5.41) is 0.713. The summed E-state index contributed by atoms with van der Waals surface area (Å²) in [4.78, 5) is 2.27. The molecule has 2 atom stereocenters. The number of nitrogens with zero attached hydrogens (tertiary/aromatic N) is 1. The van der Waals surface area contributed by atoms with Gasteiger partial charge >= 0.3 is 0 Å². The summed E-state index contributed by atoms with van der Waals surface area (Å²) in [7, 11) is 3.43. The van der Waals surface area contributed by atoms with Crippen molar-refractivity contribution in [3.63, 3.8) is 0 Å². The van der Waals surface area contributed by atoms with Gasteiger partial charge < -0.3 is 15.2 Å². The number of nitrogen functional groups attached to an aromatic ring is 1. The zero-order valence-corrected chi connectivity index (χ0v) is 11.5. The van der Waals surface area contributed by atoms with Crippen LogP contribution < -0.4 is 5.73 Å². The van der Waals surface area contributed by atoms with Gasteiger partial charge in [0, 0.05) is 44.6 Å². The van der Waals surface area contributed by atoms with Crippen molar-refractivity contribution in [2.75, 3.05) is 33.0 Å². The molecule has 1 aliphatic heterocycles. The monoisotopic (exact) mass is 270 g/mol. The molecule has 18 heavy (non-hydrogen) atoms. The minimum Gasteiger partial charge on any atom is -0.398 e. The maximum atomic E-state index is 5.99. The first kappa shape index (κ1) is 13.6. The summed E-state index contributed by atoms with van der Waals surface area (Å²) < 4.78 is 10.8. The third-order valence-electron chi connectivity index (χ3n) is 3.40. The van der Waals surface area contributed by atoms with Crippen LogP contribution in [0.3, 0.4) is 0 Å². The molecule has 0 spiro atoms. The second-order valence-corrected chi connectivity index (χ2v) is 5.02. The molecule has 1 heterocycles. The van der Waals surface area contributed by atoms with Crippen molar-refractivity contribution in [3.8, 4) is 0 Å². The molecule has 1 aromatic rings. The van der Waals surface area contributed by atoms with E-state index in [2.05, 4.69) is 4.90 Å². The average Bonchev–Trinajstić information content (AvgIpc) is 2.76. The fraction of sp³-hybridized carbons (Fsp3) is 0.538. The van der Waals surface area contributed by atoms with Gasteiger partial charge in [0.1, 0.15) is 0 Å². The predicted molar refractivity (Wildman–Crippen MR) is 72.7 cm³/mol. The third kappa shape index (κ3) is 2.95. The Labute approximate surface area is 113 Å². The van der Waals surface area contributed by atoms with E-state index < -0.39 is 0 Å². The molecule has 0 bridgehead atoms. The van der Waals surface area contributed by atoms with E-state index >= 15 is 0 Å². The Morgan fingerprint density at radius 1 is 1.28 bits per heavy atom. The predicted octanol–water partition coefficient (Wildman–Crippen LogP) is 1.77. The highest BCUT2D eigenvalue weighted by Gasteiger charge is 2.32. The second-order valence-electron chi connectivity index (χ2n) is 4.59. The largest absolute Gasteiger partial charge is 0.398 e. The third-order valence-corrected chi connectivity index (χ3v) is 3.63. The van der Waals surface area contributed by atoms with Crippen LogP contribution in [0.15, 0.2) is 18.2 Å². The van der Waals surface area contributed by atoms with Gasteiger partial charge in [0.15, 0.2) is 0 Å². The van der Waals surface area contributed by atoms with Gasteiger partial charge in [-0.1, -0.05) is 11.6 Å². The van der Waals surface area contributed by atoms with Crippen LogP contribution in [0.25, 0.3) is 0 Å². The van der Waals surface area contributed by atoms with Crippen molar-refractivity contribution in [2.45, 2.75) is 18.8 Å². The SMILES string of the molecule is COC1CN(Cc2cc(Cl)ccc2N)CC1OC.